The maximum Gasteiger partial charge on any atom is 0.255 e. The average molecular weight is 287 g/mol. The van der Waals surface area contributed by atoms with Crippen LogP contribution < -0.4 is 0 Å². The molecular formula is C12H13ClF2N4. The third-order valence-corrected chi connectivity index (χ3v) is 2.60. The first kappa shape index (κ1) is 15.3. The minimum Gasteiger partial charge on any atom is -0.349 e. The number of pyridine rings is 1. The van der Waals surface area contributed by atoms with Crippen LogP contribution in [0.2, 0.25) is 5.15 Å². The molecule has 19 heavy (non-hydrogen) atoms. The predicted octanol–water partition coefficient (Wildman–Crippen LogP) is 3.09. The molecule has 0 aromatic carbocycles. The number of nitrogens with zero attached hydrogens (tertiary/aromatic N) is 4. The Morgan fingerprint density at radius 2 is 2.32 bits per heavy atom. The first-order chi connectivity index (χ1) is 9.06. The number of aromatic nitrogens is 1. The quantitative estimate of drug-likeness (QED) is 0.362. The number of nitriles is 1. The molecule has 4 nitrogen and oxygen atoms in total. The summed E-state index contributed by atoms with van der Waals surface area (Å²) >= 11 is 5.66. The van der Waals surface area contributed by atoms with Crippen molar-refractivity contribution in [3.05, 3.63) is 29.0 Å². The molecule has 0 aliphatic rings. The Bertz CT molecular complexity index is 468. The zero-order valence-electron chi connectivity index (χ0n) is 10.4. The second-order valence-electron chi connectivity index (χ2n) is 3.74. The van der Waals surface area contributed by atoms with E-state index in [4.69, 9.17) is 16.9 Å². The lowest BCUT2D eigenvalue weighted by atomic mass is 10.2. The monoisotopic (exact) mass is 286 g/mol. The van der Waals surface area contributed by atoms with Crippen LogP contribution in [0.15, 0.2) is 23.3 Å². The van der Waals surface area contributed by atoms with Gasteiger partial charge in [0.2, 0.25) is 6.19 Å². The van der Waals surface area contributed by atoms with Crippen molar-refractivity contribution in [3.63, 3.8) is 0 Å². The molecule has 102 valence electrons. The van der Waals surface area contributed by atoms with Gasteiger partial charge in [0.15, 0.2) is 0 Å². The van der Waals surface area contributed by atoms with E-state index in [9.17, 15) is 8.78 Å². The van der Waals surface area contributed by atoms with Gasteiger partial charge in [-0.2, -0.15) is 10.3 Å². The Labute approximate surface area is 115 Å². The fourth-order valence-electron chi connectivity index (χ4n) is 1.58. The minimum absolute atomic E-state index is 0.211. The summed E-state index contributed by atoms with van der Waals surface area (Å²) in [5, 5.41) is 8.91. The molecule has 1 aromatic rings. The Hall–Kier alpha value is -1.74. The summed E-state index contributed by atoms with van der Waals surface area (Å²) in [6, 6.07) is 3.29. The smallest absolute Gasteiger partial charge is 0.255 e. The topological polar surface area (TPSA) is 52.3 Å². The Balaban J connectivity index is 2.88. The maximum absolute atomic E-state index is 12.6. The Morgan fingerprint density at radius 1 is 1.58 bits per heavy atom. The minimum atomic E-state index is -2.50. The van der Waals surface area contributed by atoms with Crippen molar-refractivity contribution in [2.75, 3.05) is 6.54 Å². The van der Waals surface area contributed by atoms with Gasteiger partial charge in [0.05, 0.1) is 6.54 Å². The largest absolute Gasteiger partial charge is 0.349 e. The van der Waals surface area contributed by atoms with E-state index < -0.39 is 13.0 Å². The summed E-state index contributed by atoms with van der Waals surface area (Å²) < 4.78 is 25.1. The van der Waals surface area contributed by atoms with Crippen LogP contribution in [0.5, 0.6) is 0 Å². The first-order valence-corrected chi connectivity index (χ1v) is 6.03. The highest BCUT2D eigenvalue weighted by Crippen LogP contribution is 2.11. The van der Waals surface area contributed by atoms with Gasteiger partial charge in [0.1, 0.15) is 11.0 Å². The van der Waals surface area contributed by atoms with E-state index in [-0.39, 0.29) is 6.54 Å². The van der Waals surface area contributed by atoms with Gasteiger partial charge in [-0.05, 0) is 11.6 Å². The first-order valence-electron chi connectivity index (χ1n) is 5.66. The number of halogens is 3. The van der Waals surface area contributed by atoms with Crippen LogP contribution in [0.4, 0.5) is 8.78 Å². The molecule has 1 aromatic heterocycles. The standard InChI is InChI=1S/C12H13ClF2N4/c1-2-12(18-8-16)19(7-11(14)15)6-9-3-4-10(13)17-5-9/h3-5,11H,2,6-7H2,1H3. The van der Waals surface area contributed by atoms with Crippen LogP contribution in [-0.4, -0.2) is 28.7 Å². The van der Waals surface area contributed by atoms with Crippen molar-refractivity contribution in [2.45, 2.75) is 26.3 Å². The van der Waals surface area contributed by atoms with Crippen molar-refractivity contribution in [1.29, 1.82) is 5.26 Å². The van der Waals surface area contributed by atoms with Crippen LogP contribution in [0.3, 0.4) is 0 Å². The SMILES string of the molecule is CCC(=NC#N)N(Cc1ccc(Cl)nc1)CC(F)F. The molecule has 0 aliphatic heterocycles. The molecule has 0 aliphatic carbocycles. The molecule has 7 heteroatoms. The van der Waals surface area contributed by atoms with Crippen molar-refractivity contribution >= 4 is 17.4 Å². The highest BCUT2D eigenvalue weighted by molar-refractivity contribution is 6.29. The molecule has 0 amide bonds. The molecule has 0 N–H and O–H groups in total. The van der Waals surface area contributed by atoms with E-state index in [2.05, 4.69) is 9.98 Å². The van der Waals surface area contributed by atoms with Gasteiger partial charge in [-0.25, -0.2) is 13.8 Å². The van der Waals surface area contributed by atoms with Crippen LogP contribution in [-0.2, 0) is 6.54 Å². The summed E-state index contributed by atoms with van der Waals surface area (Å²) in [4.78, 5) is 8.84. The maximum atomic E-state index is 12.6. The average Bonchev–Trinajstić information content (AvgIpc) is 2.37. The van der Waals surface area contributed by atoms with Crippen LogP contribution in [0.1, 0.15) is 18.9 Å². The van der Waals surface area contributed by atoms with E-state index in [1.807, 2.05) is 0 Å². The Morgan fingerprint density at radius 3 is 2.79 bits per heavy atom. The molecule has 0 unspecified atom stereocenters. The molecule has 0 saturated heterocycles. The van der Waals surface area contributed by atoms with Gasteiger partial charge in [-0.3, -0.25) is 0 Å². The van der Waals surface area contributed by atoms with E-state index in [1.165, 1.54) is 11.1 Å². The number of rotatable bonds is 5. The molecule has 1 heterocycles. The summed E-state index contributed by atoms with van der Waals surface area (Å²) in [5.74, 6) is 0.331. The number of amidine groups is 1. The molecular weight excluding hydrogens is 274 g/mol. The molecule has 1 rings (SSSR count). The third-order valence-electron chi connectivity index (χ3n) is 2.38. The second kappa shape index (κ2) is 7.64. The highest BCUT2D eigenvalue weighted by atomic mass is 35.5. The van der Waals surface area contributed by atoms with E-state index in [0.29, 0.717) is 17.4 Å². The van der Waals surface area contributed by atoms with E-state index in [0.717, 1.165) is 5.56 Å². The molecule has 0 bridgehead atoms. The van der Waals surface area contributed by atoms with Gasteiger partial charge < -0.3 is 4.90 Å². The molecule has 0 radical (unpaired) electrons. The van der Waals surface area contributed by atoms with Crippen molar-refractivity contribution in [2.24, 2.45) is 4.99 Å². The number of hydrogen-bond donors (Lipinski definition) is 0. The summed E-state index contributed by atoms with van der Waals surface area (Å²) in [5.41, 5.74) is 0.726. The Kier molecular flexibility index (Phi) is 6.16. The van der Waals surface area contributed by atoms with Crippen molar-refractivity contribution in [3.8, 4) is 6.19 Å². The van der Waals surface area contributed by atoms with Crippen molar-refractivity contribution in [1.82, 2.24) is 9.88 Å². The van der Waals surface area contributed by atoms with Crippen molar-refractivity contribution < 1.29 is 8.78 Å². The fourth-order valence-corrected chi connectivity index (χ4v) is 1.69. The van der Waals surface area contributed by atoms with Gasteiger partial charge in [0, 0.05) is 19.2 Å². The number of alkyl halides is 2. The normalized spacial score (nSPS) is 11.5. The third kappa shape index (κ3) is 5.18. The van der Waals surface area contributed by atoms with Gasteiger partial charge >= 0.3 is 0 Å². The van der Waals surface area contributed by atoms with Gasteiger partial charge in [-0.1, -0.05) is 24.6 Å². The van der Waals surface area contributed by atoms with Crippen LogP contribution in [0.25, 0.3) is 0 Å². The number of aliphatic imine (C=N–C) groups is 1. The van der Waals surface area contributed by atoms with E-state index >= 15 is 0 Å². The summed E-state index contributed by atoms with van der Waals surface area (Å²) in [6.07, 6.45) is 1.05. The zero-order chi connectivity index (χ0) is 14.3. The number of hydrogen-bond acceptors (Lipinski definition) is 3. The molecule has 0 fully saturated rings. The fraction of sp³-hybridized carbons (Fsp3) is 0.417. The van der Waals surface area contributed by atoms with Gasteiger partial charge in [-0.15, -0.1) is 0 Å². The highest BCUT2D eigenvalue weighted by Gasteiger charge is 2.16. The molecule has 0 spiro atoms. The van der Waals surface area contributed by atoms with E-state index in [1.54, 1.807) is 25.2 Å². The molecule has 0 atom stereocenters. The summed E-state index contributed by atoms with van der Waals surface area (Å²) in [6.45, 7) is 1.49. The summed E-state index contributed by atoms with van der Waals surface area (Å²) in [7, 11) is 0. The second-order valence-corrected chi connectivity index (χ2v) is 4.13. The lowest BCUT2D eigenvalue weighted by molar-refractivity contribution is 0.113. The predicted molar refractivity (Wildman–Crippen MR) is 69.0 cm³/mol. The van der Waals surface area contributed by atoms with Crippen LogP contribution >= 0.6 is 11.6 Å². The molecule has 0 saturated carbocycles. The van der Waals surface area contributed by atoms with Gasteiger partial charge in [0.25, 0.3) is 6.43 Å². The lowest BCUT2D eigenvalue weighted by Gasteiger charge is -2.24. The lowest BCUT2D eigenvalue weighted by Crippen LogP contribution is -2.34. The van der Waals surface area contributed by atoms with Crippen LogP contribution in [0, 0.1) is 11.5 Å². The zero-order valence-corrected chi connectivity index (χ0v) is 11.1.